The van der Waals surface area contributed by atoms with Gasteiger partial charge in [-0.25, -0.2) is 18.1 Å². The number of aryl methyl sites for hydroxylation is 1. The number of nitrogens with zero attached hydrogens (tertiary/aromatic N) is 2. The van der Waals surface area contributed by atoms with Crippen LogP contribution in [0.3, 0.4) is 0 Å². The monoisotopic (exact) mass is 368 g/mol. The molecule has 0 aliphatic carbocycles. The molecule has 1 aliphatic heterocycles. The van der Waals surface area contributed by atoms with Crippen LogP contribution in [0.15, 0.2) is 12.1 Å². The Hall–Kier alpha value is -1.71. The lowest BCUT2D eigenvalue weighted by Crippen LogP contribution is -2.46. The van der Waals surface area contributed by atoms with E-state index in [1.54, 1.807) is 4.90 Å². The van der Waals surface area contributed by atoms with Crippen molar-refractivity contribution in [2.75, 3.05) is 25.1 Å². The lowest BCUT2D eigenvalue weighted by atomic mass is 10.0. The Morgan fingerprint density at radius 1 is 1.38 bits per heavy atom. The van der Waals surface area contributed by atoms with Crippen molar-refractivity contribution in [3.05, 3.63) is 23.3 Å². The number of thiazole rings is 1. The largest absolute Gasteiger partial charge is 0.375 e. The van der Waals surface area contributed by atoms with Gasteiger partial charge in [0, 0.05) is 24.7 Å². The van der Waals surface area contributed by atoms with Crippen molar-refractivity contribution in [2.45, 2.75) is 25.8 Å². The van der Waals surface area contributed by atoms with Gasteiger partial charge in [0.15, 0.2) is 5.13 Å². The number of anilines is 1. The van der Waals surface area contributed by atoms with E-state index in [4.69, 9.17) is 5.73 Å². The van der Waals surface area contributed by atoms with E-state index in [2.05, 4.69) is 9.71 Å². The first-order valence-corrected chi connectivity index (χ1v) is 10.4. The van der Waals surface area contributed by atoms with Gasteiger partial charge in [-0.1, -0.05) is 11.3 Å². The highest BCUT2D eigenvalue weighted by molar-refractivity contribution is 7.88. The summed E-state index contributed by atoms with van der Waals surface area (Å²) in [5.74, 6) is -0.0372. The number of hydrogen-bond donors (Lipinski definition) is 2. The Balaban J connectivity index is 1.74. The normalized spacial score (nSPS) is 16.7. The summed E-state index contributed by atoms with van der Waals surface area (Å²) in [5.41, 5.74) is 8.14. The van der Waals surface area contributed by atoms with Gasteiger partial charge in [-0.2, -0.15) is 0 Å². The van der Waals surface area contributed by atoms with E-state index in [9.17, 15) is 13.2 Å². The Bertz CT molecular complexity index is 884. The predicted molar refractivity (Wildman–Crippen MR) is 95.7 cm³/mol. The molecule has 0 spiro atoms. The van der Waals surface area contributed by atoms with E-state index < -0.39 is 10.0 Å². The summed E-state index contributed by atoms with van der Waals surface area (Å²) in [6.45, 7) is 2.99. The molecule has 3 rings (SSSR count). The number of nitrogens with two attached hydrogens (primary N) is 1. The molecule has 9 heteroatoms. The number of sulfonamides is 1. The van der Waals surface area contributed by atoms with E-state index in [1.165, 1.54) is 11.3 Å². The second kappa shape index (κ2) is 6.30. The summed E-state index contributed by atoms with van der Waals surface area (Å²) >= 11 is 1.37. The molecule has 7 nitrogen and oxygen atoms in total. The summed E-state index contributed by atoms with van der Waals surface area (Å²) in [4.78, 5) is 18.8. The molecule has 24 heavy (non-hydrogen) atoms. The summed E-state index contributed by atoms with van der Waals surface area (Å²) in [6.07, 6.45) is 2.39. The van der Waals surface area contributed by atoms with E-state index in [1.807, 2.05) is 19.1 Å². The zero-order chi connectivity index (χ0) is 17.5. The second-order valence-electron chi connectivity index (χ2n) is 6.15. The molecule has 1 fully saturated rings. The topological polar surface area (TPSA) is 105 Å². The number of amides is 1. The Labute approximate surface area is 144 Å². The van der Waals surface area contributed by atoms with Gasteiger partial charge in [-0.3, -0.25) is 4.79 Å². The van der Waals surface area contributed by atoms with Crippen LogP contribution < -0.4 is 10.5 Å². The number of aromatic nitrogens is 1. The number of nitrogens with one attached hydrogen (secondary N) is 1. The van der Waals surface area contributed by atoms with Crippen molar-refractivity contribution in [2.24, 2.45) is 0 Å². The minimum absolute atomic E-state index is 0.0372. The third kappa shape index (κ3) is 3.68. The van der Waals surface area contributed by atoms with Crippen LogP contribution in [0.4, 0.5) is 5.13 Å². The summed E-state index contributed by atoms with van der Waals surface area (Å²) in [7, 11) is -3.21. The minimum Gasteiger partial charge on any atom is -0.375 e. The number of rotatable bonds is 3. The second-order valence-corrected chi connectivity index (χ2v) is 8.99. The molecule has 2 heterocycles. The fourth-order valence-corrected chi connectivity index (χ4v) is 4.72. The number of benzene rings is 1. The molecule has 0 saturated carbocycles. The number of hydrogen-bond acceptors (Lipinski definition) is 6. The summed E-state index contributed by atoms with van der Waals surface area (Å²) < 4.78 is 26.1. The molecule has 1 aromatic heterocycles. The summed E-state index contributed by atoms with van der Waals surface area (Å²) in [6, 6.07) is 3.57. The first-order chi connectivity index (χ1) is 11.2. The number of carbonyl (C=O) groups excluding carboxylic acids is 1. The highest BCUT2D eigenvalue weighted by atomic mass is 32.2. The Morgan fingerprint density at radius 3 is 2.67 bits per heavy atom. The molecule has 130 valence electrons. The highest BCUT2D eigenvalue weighted by Gasteiger charge is 2.25. The molecular formula is C15H20N4O3S2. The fraction of sp³-hybridized carbons (Fsp3) is 0.467. The van der Waals surface area contributed by atoms with Crippen LogP contribution in [0, 0.1) is 6.92 Å². The SMILES string of the molecule is Cc1cc(C(=O)N2CCC(NS(C)(=O)=O)CC2)cc2sc(N)nc12. The standard InChI is InChI=1S/C15H20N4O3S2/c1-9-7-10(8-12-13(9)17-15(16)23-12)14(20)19-5-3-11(4-6-19)18-24(2,21)22/h7-8,11,18H,3-6H2,1-2H3,(H2,16,17). The maximum Gasteiger partial charge on any atom is 0.253 e. The van der Waals surface area contributed by atoms with Crippen molar-refractivity contribution in [1.29, 1.82) is 0 Å². The average molecular weight is 368 g/mol. The number of fused-ring (bicyclic) bond motifs is 1. The quantitative estimate of drug-likeness (QED) is 0.850. The maximum atomic E-state index is 12.7. The van der Waals surface area contributed by atoms with Crippen LogP contribution in [0.2, 0.25) is 0 Å². The van der Waals surface area contributed by atoms with Crippen molar-refractivity contribution in [1.82, 2.24) is 14.6 Å². The Kier molecular flexibility index (Phi) is 4.50. The van der Waals surface area contributed by atoms with Gasteiger partial charge in [0.1, 0.15) is 0 Å². The highest BCUT2D eigenvalue weighted by Crippen LogP contribution is 2.28. The van der Waals surface area contributed by atoms with Gasteiger partial charge < -0.3 is 10.6 Å². The zero-order valence-electron chi connectivity index (χ0n) is 13.6. The fourth-order valence-electron chi connectivity index (χ4n) is 3.02. The third-order valence-electron chi connectivity index (χ3n) is 4.11. The van der Waals surface area contributed by atoms with Gasteiger partial charge in [0.05, 0.1) is 16.5 Å². The lowest BCUT2D eigenvalue weighted by Gasteiger charge is -2.32. The molecule has 1 aromatic carbocycles. The molecule has 3 N–H and O–H groups in total. The number of likely N-dealkylation sites (tertiary alicyclic amines) is 1. The van der Waals surface area contributed by atoms with Crippen molar-refractivity contribution in [3.63, 3.8) is 0 Å². The van der Waals surface area contributed by atoms with Gasteiger partial charge in [-0.05, 0) is 37.5 Å². The smallest absolute Gasteiger partial charge is 0.253 e. The molecule has 0 unspecified atom stereocenters. The third-order valence-corrected chi connectivity index (χ3v) is 5.70. The van der Waals surface area contributed by atoms with E-state index in [0.29, 0.717) is 36.6 Å². The molecule has 2 aromatic rings. The molecule has 0 radical (unpaired) electrons. The van der Waals surface area contributed by atoms with Crippen LogP contribution in [-0.4, -0.2) is 49.6 Å². The van der Waals surface area contributed by atoms with Crippen LogP contribution in [-0.2, 0) is 10.0 Å². The molecule has 0 atom stereocenters. The van der Waals surface area contributed by atoms with Gasteiger partial charge >= 0.3 is 0 Å². The summed E-state index contributed by atoms with van der Waals surface area (Å²) in [5, 5.41) is 0.491. The lowest BCUT2D eigenvalue weighted by molar-refractivity contribution is 0.0711. The molecule has 0 bridgehead atoms. The van der Waals surface area contributed by atoms with Gasteiger partial charge in [0.25, 0.3) is 5.91 Å². The molecule has 1 saturated heterocycles. The van der Waals surface area contributed by atoms with Crippen molar-refractivity contribution < 1.29 is 13.2 Å². The average Bonchev–Trinajstić information content (AvgIpc) is 2.86. The van der Waals surface area contributed by atoms with Crippen LogP contribution in [0.1, 0.15) is 28.8 Å². The van der Waals surface area contributed by atoms with Crippen molar-refractivity contribution >= 4 is 42.6 Å². The first kappa shape index (κ1) is 17.1. The van der Waals surface area contributed by atoms with Gasteiger partial charge in [0.2, 0.25) is 10.0 Å². The first-order valence-electron chi connectivity index (χ1n) is 7.66. The number of nitrogen functional groups attached to an aromatic ring is 1. The van der Waals surface area contributed by atoms with Crippen LogP contribution in [0.5, 0.6) is 0 Å². The van der Waals surface area contributed by atoms with Crippen LogP contribution in [0.25, 0.3) is 10.2 Å². The Morgan fingerprint density at radius 2 is 2.04 bits per heavy atom. The van der Waals surface area contributed by atoms with E-state index in [-0.39, 0.29) is 11.9 Å². The molecular weight excluding hydrogens is 348 g/mol. The van der Waals surface area contributed by atoms with Crippen molar-refractivity contribution in [3.8, 4) is 0 Å². The van der Waals surface area contributed by atoms with E-state index >= 15 is 0 Å². The minimum atomic E-state index is -3.21. The van der Waals surface area contributed by atoms with Gasteiger partial charge in [-0.15, -0.1) is 0 Å². The molecule has 1 amide bonds. The van der Waals surface area contributed by atoms with Crippen LogP contribution >= 0.6 is 11.3 Å². The number of carbonyl (C=O) groups is 1. The van der Waals surface area contributed by atoms with E-state index in [0.717, 1.165) is 22.0 Å². The number of piperidine rings is 1. The predicted octanol–water partition coefficient (Wildman–Crippen LogP) is 1.34. The maximum absolute atomic E-state index is 12.7. The zero-order valence-corrected chi connectivity index (χ0v) is 15.2. The molecule has 1 aliphatic rings.